The molecule has 0 bridgehead atoms. The second kappa shape index (κ2) is 10.8. The Morgan fingerprint density at radius 1 is 0.532 bits per heavy atom. The molecule has 9 aromatic rings. The van der Waals surface area contributed by atoms with Crippen LogP contribution in [-0.2, 0) is 0 Å². The molecule has 0 fully saturated rings. The van der Waals surface area contributed by atoms with E-state index >= 15 is 0 Å². The van der Waals surface area contributed by atoms with Crippen molar-refractivity contribution in [3.8, 4) is 22.5 Å². The van der Waals surface area contributed by atoms with Crippen LogP contribution < -0.4 is 0 Å². The van der Waals surface area contributed by atoms with Gasteiger partial charge in [-0.2, -0.15) is 0 Å². The van der Waals surface area contributed by atoms with Gasteiger partial charge in [0, 0.05) is 33.7 Å². The summed E-state index contributed by atoms with van der Waals surface area (Å²) in [5, 5.41) is 8.67. The van der Waals surface area contributed by atoms with Gasteiger partial charge in [-0.05, 0) is 99.3 Å². The Hall–Kier alpha value is -6.12. The van der Waals surface area contributed by atoms with Crippen LogP contribution in [-0.4, -0.2) is 9.13 Å². The molecule has 0 aliphatic carbocycles. The smallest absolute Gasteiger partial charge is 0.0625 e. The summed E-state index contributed by atoms with van der Waals surface area (Å²) in [7, 11) is 0. The molecular weight excluding hydrogens is 569 g/mol. The van der Waals surface area contributed by atoms with Crippen molar-refractivity contribution < 1.29 is 0 Å². The third-order valence-corrected chi connectivity index (χ3v) is 9.61. The summed E-state index contributed by atoms with van der Waals surface area (Å²) in [4.78, 5) is 0. The Morgan fingerprint density at radius 3 is 1.98 bits per heavy atom. The van der Waals surface area contributed by atoms with Crippen LogP contribution in [0.4, 0.5) is 0 Å². The molecule has 0 N–H and O–H groups in total. The first-order valence-electron chi connectivity index (χ1n) is 16.2. The van der Waals surface area contributed by atoms with E-state index in [0.717, 1.165) is 11.4 Å². The highest BCUT2D eigenvalue weighted by Gasteiger charge is 2.20. The molecule has 0 aliphatic heterocycles. The van der Waals surface area contributed by atoms with Gasteiger partial charge in [0.15, 0.2) is 0 Å². The van der Waals surface area contributed by atoms with Crippen LogP contribution in [0, 0.1) is 0 Å². The van der Waals surface area contributed by atoms with Crippen molar-refractivity contribution in [2.24, 2.45) is 0 Å². The number of nitrogens with zero attached hydrogens (tertiary/aromatic N) is 2. The average molecular weight is 601 g/mol. The standard InChI is InChI=1S/C45H32N2/c1-3-13-36-35(4-2)39-23-24-40-41-28-31(32-21-20-30-26-27-46(43(30)29-32)33-14-7-5-8-15-33)22-25-42(41)47(34-16-9-6-10-17-34)45(40)44(39)38-19-12-11-18-37(36)38/h3-29H,2H2,1H3/b13-3-. The summed E-state index contributed by atoms with van der Waals surface area (Å²) in [6.07, 6.45) is 8.52. The molecule has 0 amide bonds. The molecule has 2 nitrogen and oxygen atoms in total. The average Bonchev–Trinajstić information content (AvgIpc) is 3.71. The number of benzene rings is 7. The zero-order chi connectivity index (χ0) is 31.5. The van der Waals surface area contributed by atoms with E-state index < -0.39 is 0 Å². The molecule has 2 heterocycles. The van der Waals surface area contributed by atoms with Crippen molar-refractivity contribution in [1.29, 1.82) is 0 Å². The molecule has 2 heteroatoms. The lowest BCUT2D eigenvalue weighted by atomic mass is 9.90. The first kappa shape index (κ1) is 27.2. The van der Waals surface area contributed by atoms with Crippen LogP contribution in [0.25, 0.3) is 88.9 Å². The van der Waals surface area contributed by atoms with Crippen LogP contribution in [0.1, 0.15) is 18.1 Å². The van der Waals surface area contributed by atoms with Gasteiger partial charge >= 0.3 is 0 Å². The second-order valence-electron chi connectivity index (χ2n) is 12.2. The van der Waals surface area contributed by atoms with E-state index in [2.05, 4.69) is 181 Å². The van der Waals surface area contributed by atoms with Crippen LogP contribution in [0.5, 0.6) is 0 Å². The van der Waals surface area contributed by atoms with Gasteiger partial charge in [0.1, 0.15) is 0 Å². The number of aromatic nitrogens is 2. The quantitative estimate of drug-likeness (QED) is 0.174. The number of fused-ring (bicyclic) bond motifs is 8. The molecule has 0 spiro atoms. The van der Waals surface area contributed by atoms with Crippen LogP contribution >= 0.6 is 0 Å². The highest BCUT2D eigenvalue weighted by molar-refractivity contribution is 6.28. The summed E-state index contributed by atoms with van der Waals surface area (Å²) in [5.41, 5.74) is 10.7. The topological polar surface area (TPSA) is 9.86 Å². The SMILES string of the molecule is C=Cc1c(/C=C\C)c2ccccc2c2c1ccc1c3cc(-c4ccc5ccn(-c6ccccc6)c5c4)ccc3n(-c3ccccc3)c12. The van der Waals surface area contributed by atoms with Crippen molar-refractivity contribution in [2.75, 3.05) is 0 Å². The Bertz CT molecular complexity index is 2690. The molecule has 0 atom stereocenters. The minimum atomic E-state index is 1.15. The molecule has 47 heavy (non-hydrogen) atoms. The zero-order valence-electron chi connectivity index (χ0n) is 26.2. The Morgan fingerprint density at radius 2 is 1.21 bits per heavy atom. The summed E-state index contributed by atoms with van der Waals surface area (Å²) < 4.78 is 4.73. The monoisotopic (exact) mass is 600 g/mol. The second-order valence-corrected chi connectivity index (χ2v) is 12.2. The van der Waals surface area contributed by atoms with Crippen molar-refractivity contribution in [2.45, 2.75) is 6.92 Å². The van der Waals surface area contributed by atoms with Gasteiger partial charge in [-0.15, -0.1) is 0 Å². The molecule has 0 unspecified atom stereocenters. The highest BCUT2D eigenvalue weighted by Crippen LogP contribution is 2.43. The van der Waals surface area contributed by atoms with E-state index in [0.29, 0.717) is 0 Å². The molecular formula is C45H32N2. The van der Waals surface area contributed by atoms with Crippen LogP contribution in [0.15, 0.2) is 158 Å². The fourth-order valence-electron chi connectivity index (χ4n) is 7.54. The van der Waals surface area contributed by atoms with Crippen molar-refractivity contribution >= 4 is 66.4 Å². The van der Waals surface area contributed by atoms with Crippen molar-refractivity contribution in [3.63, 3.8) is 0 Å². The molecule has 0 saturated heterocycles. The van der Waals surface area contributed by atoms with Crippen molar-refractivity contribution in [1.82, 2.24) is 9.13 Å². The van der Waals surface area contributed by atoms with E-state index in [-0.39, 0.29) is 0 Å². The van der Waals surface area contributed by atoms with Crippen LogP contribution in [0.3, 0.4) is 0 Å². The lowest BCUT2D eigenvalue weighted by molar-refractivity contribution is 1.13. The summed E-state index contributed by atoms with van der Waals surface area (Å²) in [6, 6.07) is 50.7. The first-order chi connectivity index (χ1) is 23.2. The van der Waals surface area contributed by atoms with Gasteiger partial charge in [0.25, 0.3) is 0 Å². The normalized spacial score (nSPS) is 11.9. The zero-order valence-corrected chi connectivity index (χ0v) is 26.2. The number of rotatable bonds is 5. The lowest BCUT2D eigenvalue weighted by Gasteiger charge is -2.16. The van der Waals surface area contributed by atoms with E-state index in [9.17, 15) is 0 Å². The Labute approximate surface area is 273 Å². The lowest BCUT2D eigenvalue weighted by Crippen LogP contribution is -1.96. The van der Waals surface area contributed by atoms with E-state index in [4.69, 9.17) is 0 Å². The van der Waals surface area contributed by atoms with E-state index in [1.165, 1.54) is 76.5 Å². The van der Waals surface area contributed by atoms with E-state index in [1.54, 1.807) is 0 Å². The summed E-state index contributed by atoms with van der Waals surface area (Å²) in [6.45, 7) is 6.36. The van der Waals surface area contributed by atoms with Gasteiger partial charge in [0.2, 0.25) is 0 Å². The highest BCUT2D eigenvalue weighted by atomic mass is 15.0. The maximum absolute atomic E-state index is 4.28. The fourth-order valence-corrected chi connectivity index (χ4v) is 7.54. The first-order valence-corrected chi connectivity index (χ1v) is 16.2. The molecule has 7 aromatic carbocycles. The molecule has 0 aliphatic rings. The third kappa shape index (κ3) is 4.12. The van der Waals surface area contributed by atoms with Crippen molar-refractivity contribution in [3.05, 3.63) is 170 Å². The predicted molar refractivity (Wildman–Crippen MR) is 203 cm³/mol. The van der Waals surface area contributed by atoms with Gasteiger partial charge in [0.05, 0.1) is 16.6 Å². The number of para-hydroxylation sites is 2. The largest absolute Gasteiger partial charge is 0.317 e. The van der Waals surface area contributed by atoms with Gasteiger partial charge in [-0.25, -0.2) is 0 Å². The summed E-state index contributed by atoms with van der Waals surface area (Å²) in [5.74, 6) is 0. The molecule has 222 valence electrons. The maximum Gasteiger partial charge on any atom is 0.0625 e. The van der Waals surface area contributed by atoms with Gasteiger partial charge in [-0.3, -0.25) is 0 Å². The number of hydrogen-bond donors (Lipinski definition) is 0. The van der Waals surface area contributed by atoms with E-state index in [1.807, 2.05) is 6.08 Å². The Kier molecular flexibility index (Phi) is 6.22. The molecule has 9 rings (SSSR count). The molecule has 2 aromatic heterocycles. The predicted octanol–water partition coefficient (Wildman–Crippen LogP) is 12.4. The molecule has 0 saturated carbocycles. The van der Waals surface area contributed by atoms with Gasteiger partial charge < -0.3 is 9.13 Å². The third-order valence-electron chi connectivity index (χ3n) is 9.61. The molecule has 0 radical (unpaired) electrons. The minimum absolute atomic E-state index is 1.15. The summed E-state index contributed by atoms with van der Waals surface area (Å²) >= 11 is 0. The van der Waals surface area contributed by atoms with Crippen LogP contribution in [0.2, 0.25) is 0 Å². The van der Waals surface area contributed by atoms with Gasteiger partial charge in [-0.1, -0.05) is 116 Å². The minimum Gasteiger partial charge on any atom is -0.317 e. The number of hydrogen-bond acceptors (Lipinski definition) is 0. The fraction of sp³-hybridized carbons (Fsp3) is 0.0222. The number of allylic oxidation sites excluding steroid dienone is 1. The maximum atomic E-state index is 4.28. The Balaban J connectivity index is 1.38.